The van der Waals surface area contributed by atoms with Crippen molar-refractivity contribution in [1.82, 2.24) is 4.90 Å². The first-order valence-corrected chi connectivity index (χ1v) is 7.39. The van der Waals surface area contributed by atoms with Crippen molar-refractivity contribution >= 4 is 6.09 Å². The van der Waals surface area contributed by atoms with Gasteiger partial charge in [-0.05, 0) is 31.2 Å². The molecule has 1 spiro atoms. The fourth-order valence-corrected chi connectivity index (χ4v) is 3.73. The van der Waals surface area contributed by atoms with Crippen molar-refractivity contribution in [3.05, 3.63) is 35.9 Å². The third-order valence-corrected chi connectivity index (χ3v) is 4.80. The Labute approximate surface area is 118 Å². The van der Waals surface area contributed by atoms with Gasteiger partial charge in [0.15, 0.2) is 0 Å². The zero-order chi connectivity index (χ0) is 13.6. The Bertz CT molecular complexity index is 496. The minimum Gasteiger partial charge on any atom is -0.445 e. The molecule has 2 unspecified atom stereocenters. The molecule has 2 bridgehead atoms. The van der Waals surface area contributed by atoms with E-state index in [1.807, 2.05) is 35.2 Å². The van der Waals surface area contributed by atoms with E-state index >= 15 is 0 Å². The summed E-state index contributed by atoms with van der Waals surface area (Å²) >= 11 is 0. The number of carbonyl (C=O) groups is 1. The van der Waals surface area contributed by atoms with Gasteiger partial charge < -0.3 is 14.4 Å². The first kappa shape index (κ1) is 12.2. The van der Waals surface area contributed by atoms with E-state index in [1.54, 1.807) is 0 Å². The molecule has 4 rings (SSSR count). The average Bonchev–Trinajstić information content (AvgIpc) is 3.15. The topological polar surface area (TPSA) is 42.1 Å². The number of benzene rings is 1. The Kier molecular flexibility index (Phi) is 2.74. The molecule has 0 aliphatic carbocycles. The van der Waals surface area contributed by atoms with Gasteiger partial charge in [0.25, 0.3) is 0 Å². The Hall–Kier alpha value is -1.55. The molecule has 0 N–H and O–H groups in total. The highest BCUT2D eigenvalue weighted by Gasteiger charge is 2.57. The highest BCUT2D eigenvalue weighted by atomic mass is 16.6. The van der Waals surface area contributed by atoms with Crippen LogP contribution in [0.15, 0.2) is 30.3 Å². The molecule has 0 aromatic heterocycles. The number of rotatable bonds is 2. The van der Waals surface area contributed by atoms with E-state index < -0.39 is 0 Å². The lowest BCUT2D eigenvalue weighted by Crippen LogP contribution is -2.49. The number of amides is 1. The summed E-state index contributed by atoms with van der Waals surface area (Å²) in [5, 5.41) is 0. The van der Waals surface area contributed by atoms with Gasteiger partial charge in [0.1, 0.15) is 6.61 Å². The highest BCUT2D eigenvalue weighted by molar-refractivity contribution is 5.69. The van der Waals surface area contributed by atoms with Crippen LogP contribution in [-0.2, 0) is 16.1 Å². The van der Waals surface area contributed by atoms with Crippen LogP contribution in [0.3, 0.4) is 0 Å². The van der Waals surface area contributed by atoms with Crippen LogP contribution in [0.4, 0.5) is 4.79 Å². The van der Waals surface area contributed by atoms with Gasteiger partial charge >= 0.3 is 6.09 Å². The largest absolute Gasteiger partial charge is 0.445 e. The number of fused-ring (bicyclic) bond motifs is 2. The van der Waals surface area contributed by atoms with Gasteiger partial charge in [0.2, 0.25) is 0 Å². The Balaban J connectivity index is 1.39. The summed E-state index contributed by atoms with van der Waals surface area (Å²) in [4.78, 5) is 14.3. The van der Waals surface area contributed by atoms with E-state index in [9.17, 15) is 4.79 Å². The van der Waals surface area contributed by atoms with Gasteiger partial charge in [-0.15, -0.1) is 0 Å². The quantitative estimate of drug-likeness (QED) is 0.778. The van der Waals surface area contributed by atoms with Gasteiger partial charge in [0.05, 0.1) is 12.2 Å². The van der Waals surface area contributed by atoms with Crippen molar-refractivity contribution in [2.45, 2.75) is 50.0 Å². The summed E-state index contributed by atoms with van der Waals surface area (Å²) < 4.78 is 11.1. The van der Waals surface area contributed by atoms with E-state index in [0.717, 1.165) is 37.9 Å². The number of piperidine rings is 1. The molecule has 1 aromatic carbocycles. The zero-order valence-corrected chi connectivity index (χ0v) is 11.5. The standard InChI is InChI=1S/C16H19NO3/c18-15(19-10-12-4-2-1-3-5-12)17-13-6-7-14(17)9-16(8-13)11-20-16/h1-5,13-14H,6-11H2. The van der Waals surface area contributed by atoms with Crippen LogP contribution in [-0.4, -0.2) is 35.3 Å². The van der Waals surface area contributed by atoms with Crippen molar-refractivity contribution in [2.24, 2.45) is 0 Å². The van der Waals surface area contributed by atoms with Crippen LogP contribution in [0.2, 0.25) is 0 Å². The van der Waals surface area contributed by atoms with E-state index in [4.69, 9.17) is 9.47 Å². The van der Waals surface area contributed by atoms with Crippen LogP contribution in [0.5, 0.6) is 0 Å². The summed E-state index contributed by atoms with van der Waals surface area (Å²) in [5.41, 5.74) is 1.15. The molecule has 1 amide bonds. The van der Waals surface area contributed by atoms with Gasteiger partial charge in [-0.1, -0.05) is 30.3 Å². The minimum atomic E-state index is -0.156. The molecule has 20 heavy (non-hydrogen) atoms. The predicted octanol–water partition coefficient (Wildman–Crippen LogP) is 2.72. The minimum absolute atomic E-state index is 0.113. The number of hydrogen-bond acceptors (Lipinski definition) is 3. The molecule has 3 saturated heterocycles. The van der Waals surface area contributed by atoms with Crippen LogP contribution in [0, 0.1) is 0 Å². The third kappa shape index (κ3) is 2.08. The van der Waals surface area contributed by atoms with Crippen LogP contribution in [0.1, 0.15) is 31.2 Å². The molecule has 106 valence electrons. The van der Waals surface area contributed by atoms with Gasteiger partial charge in [-0.2, -0.15) is 0 Å². The van der Waals surface area contributed by atoms with Crippen molar-refractivity contribution in [3.63, 3.8) is 0 Å². The van der Waals surface area contributed by atoms with E-state index in [1.165, 1.54) is 0 Å². The average molecular weight is 273 g/mol. The van der Waals surface area contributed by atoms with Crippen molar-refractivity contribution in [2.75, 3.05) is 6.61 Å². The lowest BCUT2D eigenvalue weighted by atomic mass is 9.91. The predicted molar refractivity (Wildman–Crippen MR) is 73.2 cm³/mol. The monoisotopic (exact) mass is 273 g/mol. The van der Waals surface area contributed by atoms with E-state index in [-0.39, 0.29) is 11.7 Å². The second-order valence-electron chi connectivity index (χ2n) is 6.21. The van der Waals surface area contributed by atoms with Gasteiger partial charge in [0, 0.05) is 12.1 Å². The Morgan fingerprint density at radius 2 is 1.90 bits per heavy atom. The Morgan fingerprint density at radius 3 is 2.50 bits per heavy atom. The molecule has 3 aliphatic heterocycles. The molecule has 0 radical (unpaired) electrons. The molecule has 1 aromatic rings. The lowest BCUT2D eigenvalue weighted by Gasteiger charge is -2.36. The van der Waals surface area contributed by atoms with Gasteiger partial charge in [-0.25, -0.2) is 4.79 Å². The van der Waals surface area contributed by atoms with E-state index in [0.29, 0.717) is 18.7 Å². The van der Waals surface area contributed by atoms with Crippen molar-refractivity contribution < 1.29 is 14.3 Å². The molecule has 3 heterocycles. The number of ether oxygens (including phenoxy) is 2. The lowest BCUT2D eigenvalue weighted by molar-refractivity contribution is 0.0451. The molecular weight excluding hydrogens is 254 g/mol. The van der Waals surface area contributed by atoms with Crippen molar-refractivity contribution in [1.29, 1.82) is 0 Å². The normalized spacial score (nSPS) is 34.3. The molecule has 4 heteroatoms. The summed E-state index contributed by atoms with van der Waals surface area (Å²) in [5.74, 6) is 0. The zero-order valence-electron chi connectivity index (χ0n) is 11.5. The summed E-state index contributed by atoms with van der Waals surface area (Å²) in [6.07, 6.45) is 4.01. The first-order valence-electron chi connectivity index (χ1n) is 7.39. The third-order valence-electron chi connectivity index (χ3n) is 4.80. The number of carbonyl (C=O) groups excluding carboxylic acids is 1. The molecule has 4 nitrogen and oxygen atoms in total. The Morgan fingerprint density at radius 1 is 1.25 bits per heavy atom. The van der Waals surface area contributed by atoms with Crippen LogP contribution in [0.25, 0.3) is 0 Å². The highest BCUT2D eigenvalue weighted by Crippen LogP contribution is 2.48. The summed E-state index contributed by atoms with van der Waals surface area (Å²) in [6.45, 7) is 1.24. The maximum atomic E-state index is 12.3. The van der Waals surface area contributed by atoms with Crippen LogP contribution < -0.4 is 0 Å². The molecule has 2 atom stereocenters. The second-order valence-corrected chi connectivity index (χ2v) is 6.21. The fourth-order valence-electron chi connectivity index (χ4n) is 3.73. The number of nitrogens with zero attached hydrogens (tertiary/aromatic N) is 1. The molecular formula is C16H19NO3. The second kappa shape index (κ2) is 4.48. The molecule has 3 fully saturated rings. The number of hydrogen-bond donors (Lipinski definition) is 0. The van der Waals surface area contributed by atoms with E-state index in [2.05, 4.69) is 0 Å². The van der Waals surface area contributed by atoms with Gasteiger partial charge in [-0.3, -0.25) is 0 Å². The number of epoxide rings is 1. The fraction of sp³-hybridized carbons (Fsp3) is 0.562. The smallest absolute Gasteiger partial charge is 0.410 e. The molecule has 0 saturated carbocycles. The summed E-state index contributed by atoms with van der Waals surface area (Å²) in [6, 6.07) is 10.5. The van der Waals surface area contributed by atoms with Crippen LogP contribution >= 0.6 is 0 Å². The van der Waals surface area contributed by atoms with Crippen molar-refractivity contribution in [3.8, 4) is 0 Å². The first-order chi connectivity index (χ1) is 9.76. The SMILES string of the molecule is O=C(OCc1ccccc1)N1C2CCC1CC1(CO1)C2. The maximum absolute atomic E-state index is 12.3. The molecule has 3 aliphatic rings. The summed E-state index contributed by atoms with van der Waals surface area (Å²) in [7, 11) is 0. The maximum Gasteiger partial charge on any atom is 0.410 e.